The molecule has 0 radical (unpaired) electrons. The number of aliphatic hydroxyl groups is 1. The van der Waals surface area contributed by atoms with E-state index in [1.165, 1.54) is 231 Å². The molecular formula is C78H152O17P2. The lowest BCUT2D eigenvalue weighted by molar-refractivity contribution is -0.161. The molecule has 0 bridgehead atoms. The first kappa shape index (κ1) is 95.1. The molecule has 17 nitrogen and oxygen atoms in total. The topological polar surface area (TPSA) is 237 Å². The summed E-state index contributed by atoms with van der Waals surface area (Å²) < 4.78 is 68.4. The van der Waals surface area contributed by atoms with Crippen molar-refractivity contribution in [2.24, 2.45) is 5.92 Å². The van der Waals surface area contributed by atoms with E-state index in [-0.39, 0.29) is 25.7 Å². The fraction of sp³-hybridized carbons (Fsp3) is 0.949. The van der Waals surface area contributed by atoms with Crippen LogP contribution >= 0.6 is 15.6 Å². The lowest BCUT2D eigenvalue weighted by atomic mass is 10.0. The van der Waals surface area contributed by atoms with E-state index in [4.69, 9.17) is 37.0 Å². The molecule has 0 aliphatic carbocycles. The van der Waals surface area contributed by atoms with Crippen LogP contribution in [0.2, 0.25) is 0 Å². The summed E-state index contributed by atoms with van der Waals surface area (Å²) in [6.45, 7) is 7.24. The van der Waals surface area contributed by atoms with Gasteiger partial charge in [-0.1, -0.05) is 362 Å². The lowest BCUT2D eigenvalue weighted by Crippen LogP contribution is -2.30. The molecule has 0 heterocycles. The minimum atomic E-state index is -4.96. The molecule has 5 atom stereocenters. The third-order valence-electron chi connectivity index (χ3n) is 18.3. The van der Waals surface area contributed by atoms with E-state index in [0.717, 1.165) is 102 Å². The summed E-state index contributed by atoms with van der Waals surface area (Å²) in [5, 5.41) is 10.6. The van der Waals surface area contributed by atoms with Crippen LogP contribution < -0.4 is 0 Å². The molecule has 19 heteroatoms. The van der Waals surface area contributed by atoms with E-state index in [1.54, 1.807) is 0 Å². The fourth-order valence-electron chi connectivity index (χ4n) is 12.1. The number of unbranched alkanes of at least 4 members (excludes halogenated alkanes) is 50. The maximum absolute atomic E-state index is 13.1. The van der Waals surface area contributed by atoms with Gasteiger partial charge in [-0.25, -0.2) is 9.13 Å². The second-order valence-corrected chi connectivity index (χ2v) is 31.5. The van der Waals surface area contributed by atoms with Gasteiger partial charge < -0.3 is 33.8 Å². The van der Waals surface area contributed by atoms with Gasteiger partial charge in [0.05, 0.1) is 26.4 Å². The van der Waals surface area contributed by atoms with Crippen molar-refractivity contribution in [3.05, 3.63) is 0 Å². The predicted octanol–water partition coefficient (Wildman–Crippen LogP) is 23.3. The second kappa shape index (κ2) is 71.1. The molecule has 97 heavy (non-hydrogen) atoms. The number of carbonyl (C=O) groups is 4. The van der Waals surface area contributed by atoms with E-state index in [1.807, 2.05) is 0 Å². The van der Waals surface area contributed by atoms with Gasteiger partial charge in [0, 0.05) is 25.7 Å². The highest BCUT2D eigenvalue weighted by Crippen LogP contribution is 2.45. The Morgan fingerprint density at radius 1 is 0.278 bits per heavy atom. The number of ether oxygens (including phenoxy) is 4. The predicted molar refractivity (Wildman–Crippen MR) is 395 cm³/mol. The smallest absolute Gasteiger partial charge is 0.462 e. The van der Waals surface area contributed by atoms with Gasteiger partial charge in [0.1, 0.15) is 19.3 Å². The molecule has 0 aromatic carbocycles. The normalized spacial score (nSPS) is 13.9. The molecule has 0 rings (SSSR count). The van der Waals surface area contributed by atoms with Crippen LogP contribution in [-0.4, -0.2) is 96.7 Å². The summed E-state index contributed by atoms with van der Waals surface area (Å²) in [7, 11) is -9.90. The highest BCUT2D eigenvalue weighted by molar-refractivity contribution is 7.47. The Morgan fingerprint density at radius 2 is 0.474 bits per heavy atom. The van der Waals surface area contributed by atoms with Crippen molar-refractivity contribution in [3.8, 4) is 0 Å². The van der Waals surface area contributed by atoms with Crippen LogP contribution in [0, 0.1) is 5.92 Å². The Bertz CT molecular complexity index is 1860. The van der Waals surface area contributed by atoms with Crippen molar-refractivity contribution in [2.45, 2.75) is 432 Å². The van der Waals surface area contributed by atoms with Gasteiger partial charge in [0.2, 0.25) is 0 Å². The Balaban J connectivity index is 5.11. The highest BCUT2D eigenvalue weighted by atomic mass is 31.2. The molecule has 0 aromatic heterocycles. The number of carbonyl (C=O) groups excluding carboxylic acids is 4. The molecule has 2 unspecified atom stereocenters. The van der Waals surface area contributed by atoms with Crippen molar-refractivity contribution < 1.29 is 80.2 Å². The standard InChI is InChI=1S/C78H152O17P2/c1-6-9-12-15-17-19-21-23-24-25-26-27-28-29-30-31-37-41-45-49-54-59-64-78(83)95-74(68-89-76(81)62-57-52-47-43-39-36-33-32-35-38-42-46-51-55-60-71(4)5)70-93-97(86,87)91-66-72(79)65-90-96(84,85)92-69-73(67-88-75(80)61-56-50-14-11-8-3)94-77(82)63-58-53-48-44-40-34-22-20-18-16-13-10-7-2/h71-74,79H,6-70H2,1-5H3,(H,84,85)(H,86,87)/t72-,73+,74+/m0/s1. The van der Waals surface area contributed by atoms with Crippen LogP contribution in [0.3, 0.4) is 0 Å². The fourth-order valence-corrected chi connectivity index (χ4v) is 13.6. The van der Waals surface area contributed by atoms with Crippen molar-refractivity contribution in [1.29, 1.82) is 0 Å². The second-order valence-electron chi connectivity index (χ2n) is 28.6. The van der Waals surface area contributed by atoms with E-state index in [2.05, 4.69) is 34.6 Å². The Morgan fingerprint density at radius 3 is 0.701 bits per heavy atom. The molecule has 3 N–H and O–H groups in total. The minimum Gasteiger partial charge on any atom is -0.462 e. The van der Waals surface area contributed by atoms with Gasteiger partial charge >= 0.3 is 39.5 Å². The Hall–Kier alpha value is -1.94. The number of rotatable bonds is 78. The van der Waals surface area contributed by atoms with Gasteiger partial charge in [0.15, 0.2) is 12.2 Å². The van der Waals surface area contributed by atoms with Crippen molar-refractivity contribution in [3.63, 3.8) is 0 Å². The van der Waals surface area contributed by atoms with Crippen molar-refractivity contribution in [1.82, 2.24) is 0 Å². The maximum atomic E-state index is 13.1. The number of aliphatic hydroxyl groups excluding tert-OH is 1. The molecule has 0 amide bonds. The number of hydrogen-bond acceptors (Lipinski definition) is 15. The van der Waals surface area contributed by atoms with E-state index in [0.29, 0.717) is 25.7 Å². The van der Waals surface area contributed by atoms with Gasteiger partial charge in [-0.3, -0.25) is 37.3 Å². The first-order chi connectivity index (χ1) is 47.0. The number of phosphoric acid groups is 2. The van der Waals surface area contributed by atoms with Crippen LogP contribution in [0.5, 0.6) is 0 Å². The van der Waals surface area contributed by atoms with Gasteiger partial charge in [-0.2, -0.15) is 0 Å². The summed E-state index contributed by atoms with van der Waals surface area (Å²) in [5.74, 6) is -1.32. The lowest BCUT2D eigenvalue weighted by Gasteiger charge is -2.21. The zero-order valence-corrected chi connectivity index (χ0v) is 65.0. The number of phosphoric ester groups is 2. The van der Waals surface area contributed by atoms with Gasteiger partial charge in [0.25, 0.3) is 0 Å². The molecule has 0 fully saturated rings. The zero-order chi connectivity index (χ0) is 71.2. The first-order valence-corrected chi connectivity index (χ1v) is 43.6. The van der Waals surface area contributed by atoms with E-state index in [9.17, 15) is 43.2 Å². The Labute approximate surface area is 594 Å². The quantitative estimate of drug-likeness (QED) is 0.0222. The number of esters is 4. The molecule has 0 aromatic rings. The SMILES string of the molecule is CCCCCCCCCCCCCCCCCCCCCCCCC(=O)O[C@H](COC(=O)CCCCCCCCCCCCCCCCC(C)C)COP(=O)(O)OC[C@@H](O)COP(=O)(O)OC[C@@H](COC(=O)CCCCCCC)OC(=O)CCCCCCCCCCCCCCC. The van der Waals surface area contributed by atoms with Crippen molar-refractivity contribution >= 4 is 39.5 Å². The molecular weight excluding hydrogens is 1270 g/mol. The molecule has 0 saturated heterocycles. The summed E-state index contributed by atoms with van der Waals surface area (Å²) in [4.78, 5) is 72.6. The van der Waals surface area contributed by atoms with Gasteiger partial charge in [-0.05, 0) is 31.6 Å². The molecule has 576 valence electrons. The average molecular weight is 1420 g/mol. The largest absolute Gasteiger partial charge is 0.472 e. The number of hydrogen-bond donors (Lipinski definition) is 3. The minimum absolute atomic E-state index is 0.107. The Kier molecular flexibility index (Phi) is 69.6. The average Bonchev–Trinajstić information content (AvgIpc) is 1.55. The van der Waals surface area contributed by atoms with Crippen LogP contribution in [0.15, 0.2) is 0 Å². The van der Waals surface area contributed by atoms with Crippen LogP contribution in [-0.2, 0) is 65.4 Å². The van der Waals surface area contributed by atoms with Crippen LogP contribution in [0.25, 0.3) is 0 Å². The van der Waals surface area contributed by atoms with Crippen molar-refractivity contribution in [2.75, 3.05) is 39.6 Å². The molecule has 0 aliphatic rings. The summed E-state index contributed by atoms with van der Waals surface area (Å²) >= 11 is 0. The molecule has 0 aliphatic heterocycles. The van der Waals surface area contributed by atoms with Crippen LogP contribution in [0.4, 0.5) is 0 Å². The third kappa shape index (κ3) is 72.2. The molecule has 0 saturated carbocycles. The molecule has 0 spiro atoms. The van der Waals surface area contributed by atoms with E-state index < -0.39 is 97.5 Å². The first-order valence-electron chi connectivity index (χ1n) is 40.6. The summed E-state index contributed by atoms with van der Waals surface area (Å²) in [6.07, 6.45) is 61.6. The third-order valence-corrected chi connectivity index (χ3v) is 20.2. The maximum Gasteiger partial charge on any atom is 0.472 e. The van der Waals surface area contributed by atoms with Crippen LogP contribution in [0.1, 0.15) is 413 Å². The summed E-state index contributed by atoms with van der Waals surface area (Å²) in [6, 6.07) is 0. The van der Waals surface area contributed by atoms with Gasteiger partial charge in [-0.15, -0.1) is 0 Å². The summed E-state index contributed by atoms with van der Waals surface area (Å²) in [5.41, 5.74) is 0. The zero-order valence-electron chi connectivity index (χ0n) is 63.2. The van der Waals surface area contributed by atoms with E-state index >= 15 is 0 Å². The highest BCUT2D eigenvalue weighted by Gasteiger charge is 2.30. The monoisotopic (exact) mass is 1420 g/mol.